The van der Waals surface area contributed by atoms with Crippen molar-refractivity contribution in [3.63, 3.8) is 0 Å². The lowest BCUT2D eigenvalue weighted by Gasteiger charge is -2.17. The molecule has 21 heavy (non-hydrogen) atoms. The first-order valence-corrected chi connectivity index (χ1v) is 6.86. The molecule has 5 nitrogen and oxygen atoms in total. The number of pyridine rings is 1. The molecule has 0 fully saturated rings. The highest BCUT2D eigenvalue weighted by Gasteiger charge is 2.19. The first-order chi connectivity index (χ1) is 10.3. The smallest absolute Gasteiger partial charge is 0.0940 e. The minimum atomic E-state index is -0.0555. The van der Waals surface area contributed by atoms with E-state index >= 15 is 0 Å². The molecular weight excluding hydrogens is 262 g/mol. The summed E-state index contributed by atoms with van der Waals surface area (Å²) in [5.74, 6) is 0. The van der Waals surface area contributed by atoms with Gasteiger partial charge in [0.25, 0.3) is 0 Å². The van der Waals surface area contributed by atoms with Gasteiger partial charge in [0, 0.05) is 5.69 Å². The Labute approximate surface area is 123 Å². The predicted octanol–water partition coefficient (Wildman–Crippen LogP) is 2.28. The molecule has 3 rings (SSSR count). The van der Waals surface area contributed by atoms with Crippen molar-refractivity contribution in [3.05, 3.63) is 71.8 Å². The maximum absolute atomic E-state index is 4.60. The molecule has 1 unspecified atom stereocenters. The van der Waals surface area contributed by atoms with Gasteiger partial charge in [0.1, 0.15) is 0 Å². The molecular formula is C16H17N5. The Morgan fingerprint density at radius 1 is 1.05 bits per heavy atom. The molecule has 0 amide bonds. The Morgan fingerprint density at radius 3 is 2.57 bits per heavy atom. The van der Waals surface area contributed by atoms with E-state index in [9.17, 15) is 0 Å². The summed E-state index contributed by atoms with van der Waals surface area (Å²) >= 11 is 0. The second-order valence-electron chi connectivity index (χ2n) is 4.83. The van der Waals surface area contributed by atoms with Gasteiger partial charge in [-0.1, -0.05) is 29.5 Å². The normalized spacial score (nSPS) is 12.3. The molecule has 1 atom stereocenters. The standard InChI is InChI=1S/C16H17N5/c1-12-7-6-10-14(19-12)16(17-2)15-11-18-20-21(15)13-8-4-3-5-9-13/h3-11,16-17H,1-2H3. The summed E-state index contributed by atoms with van der Waals surface area (Å²) in [4.78, 5) is 4.60. The highest BCUT2D eigenvalue weighted by Crippen LogP contribution is 2.21. The first kappa shape index (κ1) is 13.5. The van der Waals surface area contributed by atoms with E-state index in [1.807, 2.05) is 67.2 Å². The fraction of sp³-hybridized carbons (Fsp3) is 0.188. The summed E-state index contributed by atoms with van der Waals surface area (Å²) in [5, 5.41) is 11.6. The molecule has 0 bridgehead atoms. The van der Waals surface area contributed by atoms with Gasteiger partial charge in [-0.25, -0.2) is 4.68 Å². The Bertz CT molecular complexity index is 720. The predicted molar refractivity (Wildman–Crippen MR) is 81.2 cm³/mol. The molecule has 0 aliphatic carbocycles. The van der Waals surface area contributed by atoms with Gasteiger partial charge in [-0.15, -0.1) is 5.10 Å². The number of aryl methyl sites for hydroxylation is 1. The van der Waals surface area contributed by atoms with E-state index in [2.05, 4.69) is 20.6 Å². The van der Waals surface area contributed by atoms with Crippen LogP contribution in [0.4, 0.5) is 0 Å². The van der Waals surface area contributed by atoms with Crippen LogP contribution in [0.15, 0.2) is 54.7 Å². The molecule has 1 aromatic carbocycles. The maximum atomic E-state index is 4.60. The number of hydrogen-bond acceptors (Lipinski definition) is 4. The quantitative estimate of drug-likeness (QED) is 0.796. The van der Waals surface area contributed by atoms with Crippen LogP contribution in [0.25, 0.3) is 5.69 Å². The fourth-order valence-corrected chi connectivity index (χ4v) is 2.38. The van der Waals surface area contributed by atoms with Crippen LogP contribution < -0.4 is 5.32 Å². The van der Waals surface area contributed by atoms with E-state index in [-0.39, 0.29) is 6.04 Å². The fourth-order valence-electron chi connectivity index (χ4n) is 2.38. The summed E-state index contributed by atoms with van der Waals surface area (Å²) in [6.07, 6.45) is 1.78. The van der Waals surface area contributed by atoms with E-state index in [1.165, 1.54) is 0 Å². The Balaban J connectivity index is 2.05. The number of rotatable bonds is 4. The molecule has 0 aliphatic heterocycles. The van der Waals surface area contributed by atoms with Gasteiger partial charge in [-0.05, 0) is 38.2 Å². The van der Waals surface area contributed by atoms with Crippen LogP contribution >= 0.6 is 0 Å². The lowest BCUT2D eigenvalue weighted by Crippen LogP contribution is -2.22. The summed E-state index contributed by atoms with van der Waals surface area (Å²) in [7, 11) is 1.91. The zero-order valence-corrected chi connectivity index (χ0v) is 12.1. The van der Waals surface area contributed by atoms with Crippen molar-refractivity contribution < 1.29 is 0 Å². The number of nitrogens with zero attached hydrogens (tertiary/aromatic N) is 4. The maximum Gasteiger partial charge on any atom is 0.0940 e. The zero-order chi connectivity index (χ0) is 14.7. The molecule has 0 radical (unpaired) electrons. The molecule has 5 heteroatoms. The first-order valence-electron chi connectivity index (χ1n) is 6.86. The Morgan fingerprint density at radius 2 is 1.86 bits per heavy atom. The summed E-state index contributed by atoms with van der Waals surface area (Å²) in [6.45, 7) is 1.99. The highest BCUT2D eigenvalue weighted by molar-refractivity contribution is 5.34. The molecule has 0 saturated carbocycles. The summed E-state index contributed by atoms with van der Waals surface area (Å²) < 4.78 is 1.84. The van der Waals surface area contributed by atoms with E-state index in [0.717, 1.165) is 22.8 Å². The van der Waals surface area contributed by atoms with E-state index in [0.29, 0.717) is 0 Å². The monoisotopic (exact) mass is 279 g/mol. The van der Waals surface area contributed by atoms with Crippen LogP contribution in [0.1, 0.15) is 23.1 Å². The van der Waals surface area contributed by atoms with Gasteiger partial charge in [-0.3, -0.25) is 4.98 Å². The molecule has 0 saturated heterocycles. The number of para-hydroxylation sites is 1. The van der Waals surface area contributed by atoms with Gasteiger partial charge in [0.05, 0.1) is 29.3 Å². The SMILES string of the molecule is CNC(c1cccc(C)n1)c1cnnn1-c1ccccc1. The van der Waals surface area contributed by atoms with Crippen LogP contribution in [0, 0.1) is 6.92 Å². The van der Waals surface area contributed by atoms with Gasteiger partial charge in [0.15, 0.2) is 0 Å². The van der Waals surface area contributed by atoms with Crippen LogP contribution in [-0.4, -0.2) is 27.0 Å². The van der Waals surface area contributed by atoms with Crippen LogP contribution in [0.2, 0.25) is 0 Å². The minimum Gasteiger partial charge on any atom is -0.307 e. The number of hydrogen-bond donors (Lipinski definition) is 1. The number of benzene rings is 1. The van der Waals surface area contributed by atoms with E-state index in [1.54, 1.807) is 6.20 Å². The zero-order valence-electron chi connectivity index (χ0n) is 12.1. The number of nitrogens with one attached hydrogen (secondary N) is 1. The Kier molecular flexibility index (Phi) is 3.75. The molecule has 1 N–H and O–H groups in total. The van der Waals surface area contributed by atoms with Crippen LogP contribution in [0.5, 0.6) is 0 Å². The lowest BCUT2D eigenvalue weighted by molar-refractivity contribution is 0.618. The molecule has 2 aromatic heterocycles. The number of aromatic nitrogens is 4. The topological polar surface area (TPSA) is 55.6 Å². The summed E-state index contributed by atoms with van der Waals surface area (Å²) in [5.41, 5.74) is 3.89. The average molecular weight is 279 g/mol. The van der Waals surface area contributed by atoms with Crippen LogP contribution in [0.3, 0.4) is 0 Å². The van der Waals surface area contributed by atoms with E-state index < -0.39 is 0 Å². The Hall–Kier alpha value is -2.53. The third-order valence-corrected chi connectivity index (χ3v) is 3.37. The van der Waals surface area contributed by atoms with Crippen molar-refractivity contribution >= 4 is 0 Å². The second kappa shape index (κ2) is 5.85. The minimum absolute atomic E-state index is 0.0555. The van der Waals surface area contributed by atoms with Crippen molar-refractivity contribution in [2.45, 2.75) is 13.0 Å². The molecule has 0 aliphatic rings. The van der Waals surface area contributed by atoms with E-state index in [4.69, 9.17) is 0 Å². The van der Waals surface area contributed by atoms with Gasteiger partial charge in [0.2, 0.25) is 0 Å². The second-order valence-corrected chi connectivity index (χ2v) is 4.83. The van der Waals surface area contributed by atoms with Crippen molar-refractivity contribution in [2.24, 2.45) is 0 Å². The van der Waals surface area contributed by atoms with Crippen LogP contribution in [-0.2, 0) is 0 Å². The van der Waals surface area contributed by atoms with Gasteiger partial charge >= 0.3 is 0 Å². The highest BCUT2D eigenvalue weighted by atomic mass is 15.4. The van der Waals surface area contributed by atoms with Gasteiger partial charge in [-0.2, -0.15) is 0 Å². The van der Waals surface area contributed by atoms with Crippen molar-refractivity contribution in [1.82, 2.24) is 25.3 Å². The summed E-state index contributed by atoms with van der Waals surface area (Å²) in [6, 6.07) is 15.9. The van der Waals surface area contributed by atoms with Gasteiger partial charge < -0.3 is 5.32 Å². The average Bonchev–Trinajstić information content (AvgIpc) is 2.98. The van der Waals surface area contributed by atoms with Crippen molar-refractivity contribution in [2.75, 3.05) is 7.05 Å². The lowest BCUT2D eigenvalue weighted by atomic mass is 10.1. The third kappa shape index (κ3) is 2.68. The molecule has 106 valence electrons. The van der Waals surface area contributed by atoms with Crippen molar-refractivity contribution in [3.8, 4) is 5.69 Å². The van der Waals surface area contributed by atoms with Crippen molar-refractivity contribution in [1.29, 1.82) is 0 Å². The molecule has 2 heterocycles. The third-order valence-electron chi connectivity index (χ3n) is 3.37. The molecule has 3 aromatic rings. The largest absolute Gasteiger partial charge is 0.307 e. The molecule has 0 spiro atoms.